The molecule has 124 valence electrons. The summed E-state index contributed by atoms with van der Waals surface area (Å²) in [5, 5.41) is 5.61. The lowest BCUT2D eigenvalue weighted by molar-refractivity contribution is 0.00807. The third-order valence-corrected chi connectivity index (χ3v) is 5.81. The highest BCUT2D eigenvalue weighted by Gasteiger charge is 2.48. The molecule has 2 bridgehead atoms. The highest BCUT2D eigenvalue weighted by molar-refractivity contribution is 5.92. The topological polar surface area (TPSA) is 49.8 Å². The molecule has 2 aromatic rings. The van der Waals surface area contributed by atoms with Crippen LogP contribution < -0.4 is 5.32 Å². The first-order valence-electron chi connectivity index (χ1n) is 8.88. The molecule has 0 amide bonds. The van der Waals surface area contributed by atoms with Crippen molar-refractivity contribution in [2.75, 3.05) is 31.6 Å². The first-order chi connectivity index (χ1) is 11.8. The number of rotatable bonds is 1. The van der Waals surface area contributed by atoms with Crippen LogP contribution in [-0.2, 0) is 4.74 Å². The fourth-order valence-electron chi connectivity index (χ4n) is 4.49. The number of fused-ring (bicyclic) bond motifs is 3. The number of hydrogen-bond acceptors (Lipinski definition) is 5. The summed E-state index contributed by atoms with van der Waals surface area (Å²) in [4.78, 5) is 12.1. The fraction of sp³-hybridized carbons (Fsp3) is 0.474. The molecule has 4 aliphatic rings. The van der Waals surface area contributed by atoms with Crippen molar-refractivity contribution in [3.8, 4) is 0 Å². The molecule has 5 heteroatoms. The second-order valence-corrected chi connectivity index (χ2v) is 7.21. The van der Waals surface area contributed by atoms with Gasteiger partial charge in [0.1, 0.15) is 5.82 Å². The summed E-state index contributed by atoms with van der Waals surface area (Å²) in [7, 11) is 0. The van der Waals surface area contributed by atoms with Gasteiger partial charge >= 0.3 is 0 Å². The number of amidine groups is 1. The van der Waals surface area contributed by atoms with Gasteiger partial charge in [-0.05, 0) is 43.3 Å². The Morgan fingerprint density at radius 2 is 2.00 bits per heavy atom. The molecule has 1 spiro atoms. The SMILES string of the molecule is c1ccc2cc(NC3=NC4(CCO3)CN3CCC4CC3)ncc2c1. The molecule has 0 aliphatic carbocycles. The highest BCUT2D eigenvalue weighted by Crippen LogP contribution is 2.42. The Morgan fingerprint density at radius 1 is 1.17 bits per heavy atom. The minimum atomic E-state index is 0.0495. The van der Waals surface area contributed by atoms with Crippen LogP contribution in [0.25, 0.3) is 10.8 Å². The van der Waals surface area contributed by atoms with E-state index >= 15 is 0 Å². The molecule has 3 saturated heterocycles. The van der Waals surface area contributed by atoms with Gasteiger partial charge in [-0.25, -0.2) is 9.98 Å². The van der Waals surface area contributed by atoms with Crippen molar-refractivity contribution >= 4 is 22.6 Å². The lowest BCUT2D eigenvalue weighted by atomic mass is 9.71. The summed E-state index contributed by atoms with van der Waals surface area (Å²) in [6.45, 7) is 4.29. The number of ether oxygens (including phenoxy) is 1. The number of nitrogens with zero attached hydrogens (tertiary/aromatic N) is 3. The second-order valence-electron chi connectivity index (χ2n) is 7.21. The van der Waals surface area contributed by atoms with Gasteiger partial charge in [-0.1, -0.05) is 24.3 Å². The molecule has 1 N–H and O–H groups in total. The zero-order valence-electron chi connectivity index (χ0n) is 13.7. The van der Waals surface area contributed by atoms with Gasteiger partial charge in [0, 0.05) is 24.5 Å². The fourth-order valence-corrected chi connectivity index (χ4v) is 4.49. The standard InChI is InChI=1S/C19H22N4O/c1-2-4-15-12-20-17(11-14(15)3-1)21-18-22-19(7-10-24-18)13-23-8-5-16(19)6-9-23/h1-4,11-12,16H,5-10,13H2,(H,20,21,22). The molecule has 1 unspecified atom stereocenters. The van der Waals surface area contributed by atoms with E-state index in [0.717, 1.165) is 30.8 Å². The normalized spacial score (nSPS) is 31.8. The molecule has 1 aromatic carbocycles. The first kappa shape index (κ1) is 14.2. The van der Waals surface area contributed by atoms with Gasteiger partial charge in [0.15, 0.2) is 0 Å². The van der Waals surface area contributed by atoms with E-state index in [2.05, 4.69) is 33.4 Å². The molecular weight excluding hydrogens is 300 g/mol. The average molecular weight is 322 g/mol. The van der Waals surface area contributed by atoms with E-state index in [1.54, 1.807) is 0 Å². The Hall–Kier alpha value is -2.14. The van der Waals surface area contributed by atoms with Crippen LogP contribution >= 0.6 is 0 Å². The van der Waals surface area contributed by atoms with Crippen molar-refractivity contribution in [2.45, 2.75) is 24.8 Å². The monoisotopic (exact) mass is 322 g/mol. The van der Waals surface area contributed by atoms with Crippen LogP contribution in [0.4, 0.5) is 5.82 Å². The second kappa shape index (κ2) is 5.45. The van der Waals surface area contributed by atoms with Crippen molar-refractivity contribution in [1.82, 2.24) is 9.88 Å². The van der Waals surface area contributed by atoms with Crippen LogP contribution in [0, 0.1) is 5.92 Å². The Bertz CT molecular complexity index is 797. The zero-order chi connectivity index (χ0) is 16.0. The van der Waals surface area contributed by atoms with Crippen LogP contribution in [0.5, 0.6) is 0 Å². The Kier molecular flexibility index (Phi) is 3.23. The van der Waals surface area contributed by atoms with E-state index < -0.39 is 0 Å². The van der Waals surface area contributed by atoms with Gasteiger partial charge in [0.2, 0.25) is 0 Å². The van der Waals surface area contributed by atoms with Crippen LogP contribution in [-0.4, -0.2) is 47.7 Å². The molecule has 5 heterocycles. The molecule has 1 atom stereocenters. The summed E-state index contributed by atoms with van der Waals surface area (Å²) < 4.78 is 5.81. The summed E-state index contributed by atoms with van der Waals surface area (Å²) in [6, 6.07) is 10.9. The van der Waals surface area contributed by atoms with E-state index in [4.69, 9.17) is 9.73 Å². The minimum Gasteiger partial charge on any atom is -0.465 e. The van der Waals surface area contributed by atoms with Crippen LogP contribution in [0.2, 0.25) is 0 Å². The van der Waals surface area contributed by atoms with E-state index in [-0.39, 0.29) is 5.54 Å². The third-order valence-electron chi connectivity index (χ3n) is 5.81. The van der Waals surface area contributed by atoms with Crippen molar-refractivity contribution in [2.24, 2.45) is 10.9 Å². The van der Waals surface area contributed by atoms with Crippen molar-refractivity contribution < 1.29 is 4.74 Å². The van der Waals surface area contributed by atoms with Gasteiger partial charge in [-0.15, -0.1) is 0 Å². The summed E-state index contributed by atoms with van der Waals surface area (Å²) in [5.74, 6) is 1.50. The van der Waals surface area contributed by atoms with Crippen molar-refractivity contribution in [3.05, 3.63) is 36.5 Å². The predicted molar refractivity (Wildman–Crippen MR) is 95.3 cm³/mol. The quantitative estimate of drug-likeness (QED) is 0.877. The van der Waals surface area contributed by atoms with E-state index in [1.807, 2.05) is 18.3 Å². The Labute approximate surface area is 141 Å². The number of aromatic nitrogens is 1. The summed E-state index contributed by atoms with van der Waals surface area (Å²) in [6.07, 6.45) is 5.46. The Morgan fingerprint density at radius 3 is 2.79 bits per heavy atom. The maximum absolute atomic E-state index is 5.81. The molecule has 3 fully saturated rings. The maximum atomic E-state index is 5.81. The minimum absolute atomic E-state index is 0.0495. The lowest BCUT2D eigenvalue weighted by Gasteiger charge is -2.52. The zero-order valence-corrected chi connectivity index (χ0v) is 13.7. The van der Waals surface area contributed by atoms with Crippen LogP contribution in [0.15, 0.2) is 41.5 Å². The van der Waals surface area contributed by atoms with Crippen LogP contribution in [0.3, 0.4) is 0 Å². The molecule has 6 rings (SSSR count). The van der Waals surface area contributed by atoms with E-state index in [9.17, 15) is 0 Å². The Balaban J connectivity index is 1.43. The molecule has 0 radical (unpaired) electrons. The number of piperidine rings is 3. The van der Waals surface area contributed by atoms with E-state index in [0.29, 0.717) is 11.9 Å². The van der Waals surface area contributed by atoms with Gasteiger partial charge in [0.25, 0.3) is 6.02 Å². The molecule has 0 saturated carbocycles. The van der Waals surface area contributed by atoms with Crippen LogP contribution in [0.1, 0.15) is 19.3 Å². The summed E-state index contributed by atoms with van der Waals surface area (Å²) in [5.41, 5.74) is 0.0495. The molecule has 24 heavy (non-hydrogen) atoms. The third kappa shape index (κ3) is 2.35. The molecule has 1 aromatic heterocycles. The smallest absolute Gasteiger partial charge is 0.290 e. The predicted octanol–water partition coefficient (Wildman–Crippen LogP) is 2.89. The van der Waals surface area contributed by atoms with Crippen molar-refractivity contribution in [3.63, 3.8) is 0 Å². The number of aliphatic imine (C=N–C) groups is 1. The molecule has 4 aliphatic heterocycles. The van der Waals surface area contributed by atoms with Gasteiger partial charge in [-0.2, -0.15) is 0 Å². The maximum Gasteiger partial charge on any atom is 0.290 e. The first-order valence-corrected chi connectivity index (χ1v) is 8.88. The number of nitrogens with one attached hydrogen (secondary N) is 1. The molecular formula is C19H22N4O. The largest absolute Gasteiger partial charge is 0.465 e. The average Bonchev–Trinajstić information content (AvgIpc) is 2.62. The van der Waals surface area contributed by atoms with Gasteiger partial charge in [0.05, 0.1) is 12.1 Å². The van der Waals surface area contributed by atoms with E-state index in [1.165, 1.54) is 31.3 Å². The number of benzene rings is 1. The highest BCUT2D eigenvalue weighted by atomic mass is 16.5. The summed E-state index contributed by atoms with van der Waals surface area (Å²) >= 11 is 0. The van der Waals surface area contributed by atoms with Crippen molar-refractivity contribution in [1.29, 1.82) is 0 Å². The lowest BCUT2D eigenvalue weighted by Crippen LogP contribution is -2.60. The van der Waals surface area contributed by atoms with Gasteiger partial charge in [-0.3, -0.25) is 5.32 Å². The number of anilines is 1. The molecule has 5 nitrogen and oxygen atoms in total. The number of hydrogen-bond donors (Lipinski definition) is 1. The number of pyridine rings is 1. The van der Waals surface area contributed by atoms with Gasteiger partial charge < -0.3 is 9.64 Å².